The van der Waals surface area contributed by atoms with E-state index in [1.807, 2.05) is 0 Å². The van der Waals surface area contributed by atoms with Crippen LogP contribution < -0.4 is 9.80 Å². The number of hydrogen-bond donors (Lipinski definition) is 2. The molecule has 0 unspecified atom stereocenters. The first kappa shape index (κ1) is 28.5. The van der Waals surface area contributed by atoms with Gasteiger partial charge in [-0.1, -0.05) is 0 Å². The molecule has 3 fully saturated rings. The van der Waals surface area contributed by atoms with Crippen LogP contribution in [0, 0.1) is 0 Å². The number of anilines is 2. The molecule has 12 nitrogen and oxygen atoms in total. The van der Waals surface area contributed by atoms with Crippen LogP contribution in [0.2, 0.25) is 0 Å². The number of phenolic OH excluding ortho intramolecular Hbond substituents is 2. The Balaban J connectivity index is 1.27. The van der Waals surface area contributed by atoms with Crippen LogP contribution >= 0.6 is 0 Å². The Bertz CT molecular complexity index is 1390. The standard InChI is InChI=1S/C30H30N2O10/c1-31(2)19-7-5-17(23(33)15-19)13-21-25(35)39-29(40-26(21)36)9-11-30(12-10-29)41-27(37)22(28(38)42-30)14-18-6-8-20(32(3)4)16-24(18)34/h5-8,13-16,33-34H,9-12H2,1-4H3. The zero-order valence-electron chi connectivity index (χ0n) is 23.5. The van der Waals surface area contributed by atoms with E-state index in [2.05, 4.69) is 0 Å². The molecule has 5 rings (SSSR count). The molecular weight excluding hydrogens is 548 g/mol. The van der Waals surface area contributed by atoms with Gasteiger partial charge in [0.05, 0.1) is 0 Å². The smallest absolute Gasteiger partial charge is 0.348 e. The van der Waals surface area contributed by atoms with Crippen molar-refractivity contribution in [3.8, 4) is 11.5 Å². The molecule has 3 aliphatic rings. The number of ether oxygens (including phenoxy) is 4. The van der Waals surface area contributed by atoms with Gasteiger partial charge >= 0.3 is 23.9 Å². The Morgan fingerprint density at radius 1 is 0.595 bits per heavy atom. The highest BCUT2D eigenvalue weighted by Gasteiger charge is 2.56. The molecular formula is C30H30N2O10. The van der Waals surface area contributed by atoms with Crippen LogP contribution in [0.1, 0.15) is 36.8 Å². The van der Waals surface area contributed by atoms with Gasteiger partial charge < -0.3 is 39.0 Å². The fourth-order valence-electron chi connectivity index (χ4n) is 4.94. The predicted octanol–water partition coefficient (Wildman–Crippen LogP) is 2.86. The maximum absolute atomic E-state index is 12.9. The summed E-state index contributed by atoms with van der Waals surface area (Å²) in [6, 6.07) is 9.52. The van der Waals surface area contributed by atoms with Gasteiger partial charge in [0, 0.05) is 88.5 Å². The first-order chi connectivity index (χ1) is 19.8. The van der Waals surface area contributed by atoms with Gasteiger partial charge in [0.1, 0.15) is 22.6 Å². The lowest BCUT2D eigenvalue weighted by atomic mass is 9.87. The molecule has 2 spiro atoms. The third kappa shape index (κ3) is 5.35. The molecule has 2 aromatic rings. The van der Waals surface area contributed by atoms with Crippen LogP contribution in [-0.4, -0.2) is 73.9 Å². The molecule has 0 radical (unpaired) electrons. The second kappa shape index (κ2) is 10.4. The maximum atomic E-state index is 12.9. The largest absolute Gasteiger partial charge is 0.507 e. The first-order valence-electron chi connectivity index (χ1n) is 13.2. The van der Waals surface area contributed by atoms with Crippen molar-refractivity contribution in [3.05, 3.63) is 58.7 Å². The number of benzene rings is 2. The van der Waals surface area contributed by atoms with Crippen molar-refractivity contribution in [2.75, 3.05) is 38.0 Å². The third-order valence-corrected chi connectivity index (χ3v) is 7.43. The summed E-state index contributed by atoms with van der Waals surface area (Å²) in [6.45, 7) is 0. The van der Waals surface area contributed by atoms with E-state index in [9.17, 15) is 29.4 Å². The van der Waals surface area contributed by atoms with Crippen molar-refractivity contribution in [3.63, 3.8) is 0 Å². The van der Waals surface area contributed by atoms with E-state index in [1.165, 1.54) is 24.3 Å². The van der Waals surface area contributed by atoms with E-state index in [0.717, 1.165) is 11.4 Å². The monoisotopic (exact) mass is 578 g/mol. The predicted molar refractivity (Wildman–Crippen MR) is 149 cm³/mol. The summed E-state index contributed by atoms with van der Waals surface area (Å²) in [5.41, 5.74) is 1.14. The minimum absolute atomic E-state index is 0.0903. The van der Waals surface area contributed by atoms with Gasteiger partial charge in [-0.2, -0.15) is 0 Å². The van der Waals surface area contributed by atoms with E-state index >= 15 is 0 Å². The van der Waals surface area contributed by atoms with Crippen LogP contribution in [0.25, 0.3) is 12.2 Å². The summed E-state index contributed by atoms with van der Waals surface area (Å²) in [7, 11) is 7.22. The zero-order valence-corrected chi connectivity index (χ0v) is 23.5. The van der Waals surface area contributed by atoms with Crippen LogP contribution in [0.5, 0.6) is 11.5 Å². The van der Waals surface area contributed by atoms with Crippen LogP contribution in [0.15, 0.2) is 47.5 Å². The summed E-state index contributed by atoms with van der Waals surface area (Å²) in [6.07, 6.45) is 2.03. The summed E-state index contributed by atoms with van der Waals surface area (Å²) >= 11 is 0. The molecule has 220 valence electrons. The number of nitrogens with zero attached hydrogens (tertiary/aromatic N) is 2. The summed E-state index contributed by atoms with van der Waals surface area (Å²) in [5, 5.41) is 20.7. The average Bonchev–Trinajstić information content (AvgIpc) is 2.92. The number of esters is 4. The van der Waals surface area contributed by atoms with E-state index in [-0.39, 0.29) is 59.5 Å². The number of carbonyl (C=O) groups excluding carboxylic acids is 4. The zero-order chi connectivity index (χ0) is 30.4. The van der Waals surface area contributed by atoms with Crippen molar-refractivity contribution in [1.82, 2.24) is 0 Å². The molecule has 42 heavy (non-hydrogen) atoms. The highest BCUT2D eigenvalue weighted by molar-refractivity contribution is 6.20. The SMILES string of the molecule is CN(C)c1ccc(C=C2C(=O)OC3(CCC4(CC3)OC(=O)C(=Cc3ccc(N(C)C)cc3O)C(=O)O4)OC2=O)c(O)c1. The highest BCUT2D eigenvalue weighted by Crippen LogP contribution is 2.45. The maximum Gasteiger partial charge on any atom is 0.348 e. The van der Waals surface area contributed by atoms with Crippen LogP contribution in [0.4, 0.5) is 11.4 Å². The van der Waals surface area contributed by atoms with Crippen molar-refractivity contribution >= 4 is 47.4 Å². The number of phenols is 2. The van der Waals surface area contributed by atoms with Crippen molar-refractivity contribution in [2.45, 2.75) is 37.3 Å². The average molecular weight is 579 g/mol. The number of rotatable bonds is 4. The van der Waals surface area contributed by atoms with Crippen molar-refractivity contribution in [1.29, 1.82) is 0 Å². The Morgan fingerprint density at radius 2 is 0.905 bits per heavy atom. The lowest BCUT2D eigenvalue weighted by Gasteiger charge is -2.46. The van der Waals surface area contributed by atoms with E-state index in [0.29, 0.717) is 0 Å². The van der Waals surface area contributed by atoms with Crippen molar-refractivity contribution < 1.29 is 48.3 Å². The topological polar surface area (TPSA) is 152 Å². The molecule has 2 heterocycles. The van der Waals surface area contributed by atoms with E-state index in [1.54, 1.807) is 62.3 Å². The molecule has 2 N–H and O–H groups in total. The van der Waals surface area contributed by atoms with Crippen LogP contribution in [0.3, 0.4) is 0 Å². The van der Waals surface area contributed by atoms with Crippen molar-refractivity contribution in [2.24, 2.45) is 0 Å². The van der Waals surface area contributed by atoms with Gasteiger partial charge in [-0.3, -0.25) is 0 Å². The van der Waals surface area contributed by atoms with Gasteiger partial charge in [-0.15, -0.1) is 0 Å². The van der Waals surface area contributed by atoms with Gasteiger partial charge in [-0.25, -0.2) is 19.2 Å². The Labute approximate surface area is 241 Å². The second-order valence-corrected chi connectivity index (χ2v) is 10.8. The molecule has 0 aromatic heterocycles. The lowest BCUT2D eigenvalue weighted by molar-refractivity contribution is -0.291. The van der Waals surface area contributed by atoms with E-state index < -0.39 is 35.5 Å². The summed E-state index contributed by atoms with van der Waals surface area (Å²) in [4.78, 5) is 55.0. The fourth-order valence-corrected chi connectivity index (χ4v) is 4.94. The molecule has 1 aliphatic carbocycles. The molecule has 12 heteroatoms. The van der Waals surface area contributed by atoms with Gasteiger partial charge in [0.2, 0.25) is 0 Å². The normalized spacial score (nSPS) is 23.6. The Morgan fingerprint density at radius 3 is 1.17 bits per heavy atom. The summed E-state index contributed by atoms with van der Waals surface area (Å²) < 4.78 is 22.1. The lowest BCUT2D eigenvalue weighted by Crippen LogP contribution is -2.56. The quantitative estimate of drug-likeness (QED) is 0.312. The number of carbonyl (C=O) groups is 4. The number of hydrogen-bond acceptors (Lipinski definition) is 12. The highest BCUT2D eigenvalue weighted by atomic mass is 16.8. The molecule has 2 aromatic carbocycles. The van der Waals surface area contributed by atoms with Gasteiger partial charge in [0.25, 0.3) is 11.6 Å². The number of aromatic hydroxyl groups is 2. The Kier molecular flexibility index (Phi) is 7.09. The van der Waals surface area contributed by atoms with Gasteiger partial charge in [-0.05, 0) is 36.4 Å². The summed E-state index contributed by atoms with van der Waals surface area (Å²) in [5.74, 6) is -7.23. The van der Waals surface area contributed by atoms with E-state index in [4.69, 9.17) is 18.9 Å². The first-order valence-corrected chi connectivity index (χ1v) is 13.2. The van der Waals surface area contributed by atoms with Gasteiger partial charge in [0.15, 0.2) is 0 Å². The fraction of sp³-hybridized carbons (Fsp3) is 0.333. The molecule has 2 aliphatic heterocycles. The minimum Gasteiger partial charge on any atom is -0.507 e. The Hall–Kier alpha value is -5.00. The molecule has 1 saturated carbocycles. The molecule has 0 bridgehead atoms. The minimum atomic E-state index is -1.62. The molecule has 2 saturated heterocycles. The second-order valence-electron chi connectivity index (χ2n) is 10.8. The third-order valence-electron chi connectivity index (χ3n) is 7.43. The molecule has 0 atom stereocenters. The molecule has 0 amide bonds. The van der Waals surface area contributed by atoms with Crippen LogP contribution in [-0.2, 0) is 38.1 Å².